The van der Waals surface area contributed by atoms with E-state index in [9.17, 15) is 4.79 Å². The first kappa shape index (κ1) is 20.0. The zero-order valence-electron chi connectivity index (χ0n) is 16.8. The molecule has 26 heavy (non-hydrogen) atoms. The maximum absolute atomic E-state index is 12.8. The van der Waals surface area contributed by atoms with E-state index in [0.717, 1.165) is 28.9 Å². The number of aryl methyl sites for hydroxylation is 4. The van der Waals surface area contributed by atoms with Gasteiger partial charge in [-0.3, -0.25) is 4.79 Å². The van der Waals surface area contributed by atoms with Crippen molar-refractivity contribution in [1.29, 1.82) is 0 Å². The van der Waals surface area contributed by atoms with Crippen LogP contribution in [0, 0.1) is 27.7 Å². The van der Waals surface area contributed by atoms with Crippen LogP contribution in [0.1, 0.15) is 60.5 Å². The number of benzene rings is 2. The molecule has 1 N–H and O–H groups in total. The number of amides is 1. The molecule has 0 radical (unpaired) electrons. The summed E-state index contributed by atoms with van der Waals surface area (Å²) in [5, 5.41) is 3.17. The third-order valence-corrected chi connectivity index (χ3v) is 4.79. The minimum absolute atomic E-state index is 0.00121. The van der Waals surface area contributed by atoms with Gasteiger partial charge in [0.2, 0.25) is 0 Å². The molecule has 0 aliphatic rings. The lowest BCUT2D eigenvalue weighted by Crippen LogP contribution is -2.40. The molecule has 0 spiro atoms. The van der Waals surface area contributed by atoms with Crippen molar-refractivity contribution in [3.05, 3.63) is 64.2 Å². The highest BCUT2D eigenvalue weighted by molar-refractivity contribution is 5.81. The van der Waals surface area contributed by atoms with E-state index in [4.69, 9.17) is 4.74 Å². The smallest absolute Gasteiger partial charge is 0.261 e. The van der Waals surface area contributed by atoms with Crippen LogP contribution in [0.25, 0.3) is 0 Å². The molecule has 2 aromatic carbocycles. The van der Waals surface area contributed by atoms with Gasteiger partial charge in [-0.25, -0.2) is 0 Å². The normalized spacial score (nSPS) is 13.2. The van der Waals surface area contributed by atoms with Gasteiger partial charge in [-0.05, 0) is 80.5 Å². The summed E-state index contributed by atoms with van der Waals surface area (Å²) in [6, 6.07) is 12.4. The topological polar surface area (TPSA) is 38.3 Å². The van der Waals surface area contributed by atoms with E-state index in [-0.39, 0.29) is 11.9 Å². The van der Waals surface area contributed by atoms with Gasteiger partial charge in [-0.1, -0.05) is 38.1 Å². The van der Waals surface area contributed by atoms with Crippen LogP contribution in [0.5, 0.6) is 5.75 Å². The van der Waals surface area contributed by atoms with E-state index >= 15 is 0 Å². The van der Waals surface area contributed by atoms with Gasteiger partial charge in [0.1, 0.15) is 5.75 Å². The van der Waals surface area contributed by atoms with E-state index in [0.29, 0.717) is 6.42 Å². The molecule has 0 saturated heterocycles. The summed E-state index contributed by atoms with van der Waals surface area (Å²) in [6.07, 6.45) is 0.980. The van der Waals surface area contributed by atoms with Gasteiger partial charge < -0.3 is 10.1 Å². The molecule has 2 aromatic rings. The Morgan fingerprint density at radius 2 is 1.58 bits per heavy atom. The van der Waals surface area contributed by atoms with Crippen LogP contribution >= 0.6 is 0 Å². The summed E-state index contributed by atoms with van der Waals surface area (Å²) >= 11 is 0. The van der Waals surface area contributed by atoms with Gasteiger partial charge in [-0.2, -0.15) is 0 Å². The van der Waals surface area contributed by atoms with Gasteiger partial charge in [0.25, 0.3) is 5.91 Å². The predicted octanol–water partition coefficient (Wildman–Crippen LogP) is 5.35. The van der Waals surface area contributed by atoms with Crippen LogP contribution in [-0.4, -0.2) is 12.0 Å². The molecule has 2 atom stereocenters. The van der Waals surface area contributed by atoms with Crippen molar-refractivity contribution >= 4 is 5.91 Å². The first-order chi connectivity index (χ1) is 12.3. The Morgan fingerprint density at radius 1 is 0.923 bits per heavy atom. The second kappa shape index (κ2) is 8.88. The predicted molar refractivity (Wildman–Crippen MR) is 108 cm³/mol. The van der Waals surface area contributed by atoms with Gasteiger partial charge >= 0.3 is 0 Å². The average Bonchev–Trinajstić information content (AvgIpc) is 2.59. The van der Waals surface area contributed by atoms with E-state index in [1.165, 1.54) is 11.1 Å². The number of ether oxygens (including phenoxy) is 1. The van der Waals surface area contributed by atoms with Crippen LogP contribution in [0.4, 0.5) is 0 Å². The number of nitrogens with one attached hydrogen (secondary N) is 1. The Labute approximate surface area is 157 Å². The van der Waals surface area contributed by atoms with Crippen molar-refractivity contribution in [2.75, 3.05) is 0 Å². The van der Waals surface area contributed by atoms with E-state index in [2.05, 4.69) is 50.4 Å². The van der Waals surface area contributed by atoms with Gasteiger partial charge in [0.15, 0.2) is 6.10 Å². The third kappa shape index (κ3) is 5.10. The molecule has 1 amide bonds. The summed E-state index contributed by atoms with van der Waals surface area (Å²) in [6.45, 7) is 12.3. The molecule has 0 fully saturated rings. The summed E-state index contributed by atoms with van der Waals surface area (Å²) < 4.78 is 6.00. The minimum Gasteiger partial charge on any atom is -0.481 e. The SMILES string of the molecule is CC[C@H](Oc1cc(C)cc(C)c1)C(=O)N[C@H](CC)c1ccc(C)c(C)c1. The standard InChI is InChI=1S/C23H31NO2/c1-7-21(19-10-9-17(5)18(6)14-19)24-23(25)22(8-2)26-20-12-15(3)11-16(4)13-20/h9-14,21-22H,7-8H2,1-6H3,(H,24,25)/t21-,22+/m1/s1. The van der Waals surface area contributed by atoms with Gasteiger partial charge in [0, 0.05) is 0 Å². The van der Waals surface area contributed by atoms with E-state index in [1.807, 2.05) is 32.9 Å². The molecule has 0 unspecified atom stereocenters. The van der Waals surface area contributed by atoms with Gasteiger partial charge in [0.05, 0.1) is 6.04 Å². The number of hydrogen-bond donors (Lipinski definition) is 1. The van der Waals surface area contributed by atoms with Gasteiger partial charge in [-0.15, -0.1) is 0 Å². The first-order valence-electron chi connectivity index (χ1n) is 9.46. The fraction of sp³-hybridized carbons (Fsp3) is 0.435. The Morgan fingerprint density at radius 3 is 2.12 bits per heavy atom. The first-order valence-corrected chi connectivity index (χ1v) is 9.46. The second-order valence-corrected chi connectivity index (χ2v) is 7.15. The lowest BCUT2D eigenvalue weighted by molar-refractivity contribution is -0.128. The molecule has 0 saturated carbocycles. The van der Waals surface area contributed by atoms with E-state index in [1.54, 1.807) is 0 Å². The van der Waals surface area contributed by atoms with Crippen molar-refractivity contribution < 1.29 is 9.53 Å². The molecular formula is C23H31NO2. The summed E-state index contributed by atoms with van der Waals surface area (Å²) in [5.41, 5.74) is 5.92. The highest BCUT2D eigenvalue weighted by Gasteiger charge is 2.22. The van der Waals surface area contributed by atoms with Crippen molar-refractivity contribution in [1.82, 2.24) is 5.32 Å². The molecule has 3 nitrogen and oxygen atoms in total. The molecule has 0 aliphatic carbocycles. The van der Waals surface area contributed by atoms with Crippen LogP contribution < -0.4 is 10.1 Å². The molecular weight excluding hydrogens is 322 g/mol. The average molecular weight is 354 g/mol. The second-order valence-electron chi connectivity index (χ2n) is 7.15. The van der Waals surface area contributed by atoms with Crippen molar-refractivity contribution in [3.8, 4) is 5.75 Å². The fourth-order valence-electron chi connectivity index (χ4n) is 3.15. The van der Waals surface area contributed by atoms with Crippen LogP contribution in [0.2, 0.25) is 0 Å². The highest BCUT2D eigenvalue weighted by atomic mass is 16.5. The molecule has 140 valence electrons. The molecule has 0 aromatic heterocycles. The molecule has 0 heterocycles. The maximum atomic E-state index is 12.8. The molecule has 2 rings (SSSR count). The fourth-order valence-corrected chi connectivity index (χ4v) is 3.15. The Kier molecular flexibility index (Phi) is 6.84. The molecule has 3 heteroatoms. The summed E-state index contributed by atoms with van der Waals surface area (Å²) in [7, 11) is 0. The van der Waals surface area contributed by atoms with Crippen molar-refractivity contribution in [2.24, 2.45) is 0 Å². The monoisotopic (exact) mass is 353 g/mol. The van der Waals surface area contributed by atoms with Crippen LogP contribution in [0.3, 0.4) is 0 Å². The third-order valence-electron chi connectivity index (χ3n) is 4.79. The Bertz CT molecular complexity index is 747. The summed E-state index contributed by atoms with van der Waals surface area (Å²) in [4.78, 5) is 12.8. The number of carbonyl (C=O) groups is 1. The number of hydrogen-bond acceptors (Lipinski definition) is 2. The minimum atomic E-state index is -0.489. The molecule has 0 bridgehead atoms. The van der Waals surface area contributed by atoms with E-state index < -0.39 is 6.10 Å². The molecule has 0 aliphatic heterocycles. The highest BCUT2D eigenvalue weighted by Crippen LogP contribution is 2.22. The summed E-state index contributed by atoms with van der Waals surface area (Å²) in [5.74, 6) is 0.695. The van der Waals surface area contributed by atoms with Crippen molar-refractivity contribution in [3.63, 3.8) is 0 Å². The van der Waals surface area contributed by atoms with Crippen LogP contribution in [0.15, 0.2) is 36.4 Å². The number of carbonyl (C=O) groups excluding carboxylic acids is 1. The van der Waals surface area contributed by atoms with Crippen molar-refractivity contribution in [2.45, 2.75) is 66.5 Å². The lowest BCUT2D eigenvalue weighted by atomic mass is 9.99. The largest absolute Gasteiger partial charge is 0.481 e. The Hall–Kier alpha value is -2.29. The number of rotatable bonds is 7. The maximum Gasteiger partial charge on any atom is 0.261 e. The van der Waals surface area contributed by atoms with Crippen LogP contribution in [-0.2, 0) is 4.79 Å². The lowest BCUT2D eigenvalue weighted by Gasteiger charge is -2.23. The zero-order chi connectivity index (χ0) is 19.3. The quantitative estimate of drug-likeness (QED) is 0.729. The Balaban J connectivity index is 2.12. The zero-order valence-corrected chi connectivity index (χ0v) is 16.8.